The van der Waals surface area contributed by atoms with Gasteiger partial charge in [0.05, 0.1) is 18.4 Å². The molecule has 1 aromatic heterocycles. The number of carbonyl (C=O) groups is 2. The highest BCUT2D eigenvalue weighted by atomic mass is 16.5. The molecule has 0 aliphatic carbocycles. The quantitative estimate of drug-likeness (QED) is 0.258. The summed E-state index contributed by atoms with van der Waals surface area (Å²) in [5.41, 5.74) is 2.85. The zero-order valence-corrected chi connectivity index (χ0v) is 20.8. The summed E-state index contributed by atoms with van der Waals surface area (Å²) >= 11 is 0. The number of nitrogens with zero attached hydrogens (tertiary/aromatic N) is 1. The van der Waals surface area contributed by atoms with Crippen molar-refractivity contribution < 1.29 is 23.8 Å². The number of anilines is 1. The first-order chi connectivity index (χ1) is 16.6. The predicted octanol–water partition coefficient (Wildman–Crippen LogP) is 6.30. The van der Waals surface area contributed by atoms with Crippen LogP contribution in [0.3, 0.4) is 0 Å². The standard InChI is InChI=1S/C29H31NO5/c1-6-15-34-22-14-9-19(17-18(22)2)26(31)24-25(23-8-7-16-35-23)30(28(33)27(24)32)21-12-10-20(11-13-21)29(3,4)5/h7-14,16-17,25,31H,6,15H2,1-5H3/b26-24-. The normalized spacial score (nSPS) is 17.7. The van der Waals surface area contributed by atoms with Gasteiger partial charge in [0.1, 0.15) is 23.3 Å². The Morgan fingerprint density at radius 1 is 1.09 bits per heavy atom. The van der Waals surface area contributed by atoms with E-state index < -0.39 is 17.7 Å². The third-order valence-corrected chi connectivity index (χ3v) is 6.18. The number of benzene rings is 2. The molecule has 1 aliphatic heterocycles. The third-order valence-electron chi connectivity index (χ3n) is 6.18. The highest BCUT2D eigenvalue weighted by Crippen LogP contribution is 2.43. The zero-order valence-electron chi connectivity index (χ0n) is 20.8. The van der Waals surface area contributed by atoms with Gasteiger partial charge in [-0.15, -0.1) is 0 Å². The lowest BCUT2D eigenvalue weighted by Gasteiger charge is -2.25. The van der Waals surface area contributed by atoms with Gasteiger partial charge in [0.15, 0.2) is 0 Å². The van der Waals surface area contributed by atoms with Gasteiger partial charge in [0, 0.05) is 11.3 Å². The Kier molecular flexibility index (Phi) is 6.57. The molecule has 1 N–H and O–H groups in total. The van der Waals surface area contributed by atoms with E-state index in [0.29, 0.717) is 29.4 Å². The molecule has 0 radical (unpaired) electrons. The summed E-state index contributed by atoms with van der Waals surface area (Å²) in [6, 6.07) is 15.3. The minimum atomic E-state index is -0.887. The van der Waals surface area contributed by atoms with Crippen molar-refractivity contribution in [3.8, 4) is 5.75 Å². The number of hydrogen-bond acceptors (Lipinski definition) is 5. The maximum atomic E-state index is 13.3. The lowest BCUT2D eigenvalue weighted by atomic mass is 9.87. The molecule has 6 nitrogen and oxygen atoms in total. The van der Waals surface area contributed by atoms with E-state index in [9.17, 15) is 14.7 Å². The van der Waals surface area contributed by atoms with Gasteiger partial charge in [-0.1, -0.05) is 39.8 Å². The van der Waals surface area contributed by atoms with Crippen LogP contribution in [-0.2, 0) is 15.0 Å². The molecule has 3 aromatic rings. The van der Waals surface area contributed by atoms with E-state index in [0.717, 1.165) is 17.5 Å². The second-order valence-corrected chi connectivity index (χ2v) is 9.81. The molecular weight excluding hydrogens is 442 g/mol. The third kappa shape index (κ3) is 4.61. The number of rotatable bonds is 6. The number of hydrogen-bond donors (Lipinski definition) is 1. The SMILES string of the molecule is CCCOc1ccc(/C(O)=C2/C(=O)C(=O)N(c3ccc(C(C)(C)C)cc3)C2c2ccco2)cc1C. The first-order valence-corrected chi connectivity index (χ1v) is 11.8. The molecule has 6 heteroatoms. The summed E-state index contributed by atoms with van der Waals surface area (Å²) in [6.45, 7) is 10.8. The molecule has 1 unspecified atom stereocenters. The minimum Gasteiger partial charge on any atom is -0.507 e. The molecule has 4 rings (SSSR count). The zero-order chi connectivity index (χ0) is 25.3. The van der Waals surface area contributed by atoms with E-state index >= 15 is 0 Å². The second kappa shape index (κ2) is 9.45. The molecule has 1 amide bonds. The van der Waals surface area contributed by atoms with Crippen LogP contribution in [0.5, 0.6) is 5.75 Å². The number of ether oxygens (including phenoxy) is 1. The Balaban J connectivity index is 1.81. The molecule has 1 saturated heterocycles. The van der Waals surface area contributed by atoms with E-state index in [-0.39, 0.29) is 16.7 Å². The first kappa shape index (κ1) is 24.3. The van der Waals surface area contributed by atoms with Crippen molar-refractivity contribution in [2.45, 2.75) is 52.5 Å². The first-order valence-electron chi connectivity index (χ1n) is 11.8. The van der Waals surface area contributed by atoms with Crippen LogP contribution in [0.4, 0.5) is 5.69 Å². The summed E-state index contributed by atoms with van der Waals surface area (Å²) in [5, 5.41) is 11.3. The van der Waals surface area contributed by atoms with Crippen LogP contribution in [-0.4, -0.2) is 23.4 Å². The Bertz CT molecular complexity index is 1260. The van der Waals surface area contributed by atoms with Gasteiger partial charge in [-0.3, -0.25) is 14.5 Å². The molecule has 1 fully saturated rings. The summed E-state index contributed by atoms with van der Waals surface area (Å²) < 4.78 is 11.4. The Labute approximate surface area is 205 Å². The number of carbonyl (C=O) groups excluding carboxylic acids is 2. The van der Waals surface area contributed by atoms with Crippen molar-refractivity contribution in [2.24, 2.45) is 0 Å². The van der Waals surface area contributed by atoms with Crippen LogP contribution < -0.4 is 9.64 Å². The highest BCUT2D eigenvalue weighted by Gasteiger charge is 2.48. The lowest BCUT2D eigenvalue weighted by molar-refractivity contribution is -0.132. The van der Waals surface area contributed by atoms with Crippen molar-refractivity contribution in [1.29, 1.82) is 0 Å². The molecule has 0 spiro atoms. The van der Waals surface area contributed by atoms with Crippen LogP contribution in [0, 0.1) is 6.92 Å². The molecule has 1 atom stereocenters. The largest absolute Gasteiger partial charge is 0.507 e. The Hall–Kier alpha value is -3.80. The average Bonchev–Trinajstić information content (AvgIpc) is 3.44. The fraction of sp³-hybridized carbons (Fsp3) is 0.310. The van der Waals surface area contributed by atoms with Crippen molar-refractivity contribution in [2.75, 3.05) is 11.5 Å². The van der Waals surface area contributed by atoms with Gasteiger partial charge < -0.3 is 14.3 Å². The second-order valence-electron chi connectivity index (χ2n) is 9.81. The molecule has 0 saturated carbocycles. The molecular formula is C29H31NO5. The van der Waals surface area contributed by atoms with Crippen molar-refractivity contribution in [3.63, 3.8) is 0 Å². The van der Waals surface area contributed by atoms with Crippen LogP contribution in [0.1, 0.15) is 62.6 Å². The van der Waals surface area contributed by atoms with E-state index in [1.807, 2.05) is 38.1 Å². The molecule has 182 valence electrons. The number of ketones is 1. The van der Waals surface area contributed by atoms with Crippen molar-refractivity contribution in [1.82, 2.24) is 0 Å². The smallest absolute Gasteiger partial charge is 0.300 e. The molecule has 35 heavy (non-hydrogen) atoms. The van der Waals surface area contributed by atoms with Crippen LogP contribution in [0.2, 0.25) is 0 Å². The molecule has 0 bridgehead atoms. The lowest BCUT2D eigenvalue weighted by Crippen LogP contribution is -2.29. The van der Waals surface area contributed by atoms with E-state index in [1.165, 1.54) is 11.2 Å². The van der Waals surface area contributed by atoms with Crippen molar-refractivity contribution >= 4 is 23.1 Å². The fourth-order valence-electron chi connectivity index (χ4n) is 4.26. The summed E-state index contributed by atoms with van der Waals surface area (Å²) in [7, 11) is 0. The molecule has 2 heterocycles. The molecule has 1 aliphatic rings. The van der Waals surface area contributed by atoms with Gasteiger partial charge in [-0.2, -0.15) is 0 Å². The maximum Gasteiger partial charge on any atom is 0.300 e. The number of furan rings is 1. The number of amides is 1. The van der Waals surface area contributed by atoms with Gasteiger partial charge in [-0.05, 0) is 72.4 Å². The van der Waals surface area contributed by atoms with Gasteiger partial charge in [0.2, 0.25) is 0 Å². The number of aliphatic hydroxyl groups is 1. The van der Waals surface area contributed by atoms with Gasteiger partial charge in [0.25, 0.3) is 11.7 Å². The van der Waals surface area contributed by atoms with Crippen LogP contribution >= 0.6 is 0 Å². The topological polar surface area (TPSA) is 80.0 Å². The van der Waals surface area contributed by atoms with Crippen molar-refractivity contribution in [3.05, 3.63) is 88.9 Å². The predicted molar refractivity (Wildman–Crippen MR) is 136 cm³/mol. The number of aryl methyl sites for hydroxylation is 1. The summed E-state index contributed by atoms with van der Waals surface area (Å²) in [6.07, 6.45) is 2.37. The average molecular weight is 474 g/mol. The minimum absolute atomic E-state index is 0.00789. The van der Waals surface area contributed by atoms with E-state index in [2.05, 4.69) is 20.8 Å². The monoisotopic (exact) mass is 473 g/mol. The number of aliphatic hydroxyl groups excluding tert-OH is 1. The van der Waals surface area contributed by atoms with E-state index in [4.69, 9.17) is 9.15 Å². The highest BCUT2D eigenvalue weighted by molar-refractivity contribution is 6.51. The Morgan fingerprint density at radius 2 is 1.80 bits per heavy atom. The maximum absolute atomic E-state index is 13.3. The molecule has 2 aromatic carbocycles. The summed E-state index contributed by atoms with van der Waals surface area (Å²) in [5.74, 6) is -0.608. The number of Topliss-reactive ketones (excluding diaryl/α,β-unsaturated/α-hetero) is 1. The van der Waals surface area contributed by atoms with Gasteiger partial charge >= 0.3 is 0 Å². The van der Waals surface area contributed by atoms with Crippen LogP contribution in [0.15, 0.2) is 70.9 Å². The van der Waals surface area contributed by atoms with Crippen LogP contribution in [0.25, 0.3) is 5.76 Å². The van der Waals surface area contributed by atoms with E-state index in [1.54, 1.807) is 30.3 Å². The summed E-state index contributed by atoms with van der Waals surface area (Å²) in [4.78, 5) is 27.9. The van der Waals surface area contributed by atoms with Gasteiger partial charge in [-0.25, -0.2) is 0 Å². The Morgan fingerprint density at radius 3 is 2.37 bits per heavy atom. The fourth-order valence-corrected chi connectivity index (χ4v) is 4.26.